The quantitative estimate of drug-likeness (QED) is 0.377. The van der Waals surface area contributed by atoms with Crippen molar-refractivity contribution in [2.24, 2.45) is 10.9 Å². The van der Waals surface area contributed by atoms with E-state index in [9.17, 15) is 0 Å². The summed E-state index contributed by atoms with van der Waals surface area (Å²) in [4.78, 5) is 13.6. The van der Waals surface area contributed by atoms with Gasteiger partial charge in [-0.1, -0.05) is 19.9 Å². The molecule has 26 heavy (non-hydrogen) atoms. The molecular formula is C19H35IN6. The van der Waals surface area contributed by atoms with Crippen LogP contribution in [0.15, 0.2) is 23.2 Å². The van der Waals surface area contributed by atoms with Gasteiger partial charge in [0.2, 0.25) is 0 Å². The predicted octanol–water partition coefficient (Wildman–Crippen LogP) is 2.55. The van der Waals surface area contributed by atoms with Crippen LogP contribution in [0.25, 0.3) is 0 Å². The van der Waals surface area contributed by atoms with Gasteiger partial charge >= 0.3 is 0 Å². The minimum Gasteiger partial charge on any atom is -0.363 e. The first kappa shape index (κ1) is 23.0. The smallest absolute Gasteiger partial charge is 0.191 e. The van der Waals surface area contributed by atoms with Crippen molar-refractivity contribution in [3.8, 4) is 0 Å². The summed E-state index contributed by atoms with van der Waals surface area (Å²) in [6.07, 6.45) is 2.34. The minimum absolute atomic E-state index is 0. The Kier molecular flexibility index (Phi) is 10.2. The molecule has 0 saturated carbocycles. The van der Waals surface area contributed by atoms with E-state index < -0.39 is 0 Å². The van der Waals surface area contributed by atoms with Crippen molar-refractivity contribution >= 4 is 35.8 Å². The topological polar surface area (TPSA) is 55.8 Å². The van der Waals surface area contributed by atoms with Crippen LogP contribution in [0.4, 0.5) is 5.82 Å². The fraction of sp³-hybridized carbons (Fsp3) is 0.684. The highest BCUT2D eigenvalue weighted by Gasteiger charge is 2.20. The molecule has 1 fully saturated rings. The summed E-state index contributed by atoms with van der Waals surface area (Å²) in [6, 6.07) is 6.59. The van der Waals surface area contributed by atoms with E-state index in [1.165, 1.54) is 32.5 Å². The zero-order chi connectivity index (χ0) is 18.2. The van der Waals surface area contributed by atoms with Crippen LogP contribution in [0.5, 0.6) is 0 Å². The third-order valence-electron chi connectivity index (χ3n) is 4.46. The van der Waals surface area contributed by atoms with Crippen molar-refractivity contribution < 1.29 is 0 Å². The average Bonchev–Trinajstić information content (AvgIpc) is 2.59. The summed E-state index contributed by atoms with van der Waals surface area (Å²) in [6.45, 7) is 8.78. The predicted molar refractivity (Wildman–Crippen MR) is 122 cm³/mol. The number of guanidine groups is 1. The highest BCUT2D eigenvalue weighted by atomic mass is 127. The van der Waals surface area contributed by atoms with E-state index in [1.54, 1.807) is 0 Å². The van der Waals surface area contributed by atoms with E-state index in [1.807, 2.05) is 44.2 Å². The number of piperidine rings is 1. The number of aliphatic imine (C=N–C) groups is 1. The zero-order valence-electron chi connectivity index (χ0n) is 16.8. The lowest BCUT2D eigenvalue weighted by Gasteiger charge is -2.33. The standard InChI is InChI=1S/C19H34N6.HI/c1-15(2)14-25-11-9-16(10-12-25)23-19(20-3)21-13-17-7-6-8-18(22-17)24(4)5;/h6-8,15-16H,9-14H2,1-5H3,(H2,20,21,23);1H. The Balaban J connectivity index is 0.00000338. The largest absolute Gasteiger partial charge is 0.363 e. The van der Waals surface area contributed by atoms with Gasteiger partial charge in [-0.25, -0.2) is 4.98 Å². The van der Waals surface area contributed by atoms with Gasteiger partial charge in [-0.15, -0.1) is 24.0 Å². The maximum atomic E-state index is 4.64. The Morgan fingerprint density at radius 3 is 2.58 bits per heavy atom. The molecule has 1 aliphatic rings. The van der Waals surface area contributed by atoms with Gasteiger partial charge in [0, 0.05) is 46.8 Å². The van der Waals surface area contributed by atoms with E-state index in [0.717, 1.165) is 23.4 Å². The molecule has 0 radical (unpaired) electrons. The Hall–Kier alpha value is -1.09. The van der Waals surface area contributed by atoms with Crippen molar-refractivity contribution in [1.29, 1.82) is 0 Å². The van der Waals surface area contributed by atoms with Gasteiger partial charge in [0.25, 0.3) is 0 Å². The Morgan fingerprint density at radius 2 is 2.00 bits per heavy atom. The van der Waals surface area contributed by atoms with Crippen molar-refractivity contribution in [3.63, 3.8) is 0 Å². The fourth-order valence-corrected chi connectivity index (χ4v) is 3.15. The van der Waals surface area contributed by atoms with Crippen LogP contribution in [0.3, 0.4) is 0 Å². The maximum absolute atomic E-state index is 4.64. The first-order chi connectivity index (χ1) is 12.0. The van der Waals surface area contributed by atoms with Crippen LogP contribution in [0, 0.1) is 5.92 Å². The maximum Gasteiger partial charge on any atom is 0.191 e. The zero-order valence-corrected chi connectivity index (χ0v) is 19.2. The molecule has 0 aliphatic carbocycles. The van der Waals surface area contributed by atoms with E-state index in [2.05, 4.69) is 39.4 Å². The molecule has 1 aromatic heterocycles. The highest BCUT2D eigenvalue weighted by Crippen LogP contribution is 2.12. The lowest BCUT2D eigenvalue weighted by Crippen LogP contribution is -2.49. The average molecular weight is 474 g/mol. The van der Waals surface area contributed by atoms with Crippen LogP contribution in [0.2, 0.25) is 0 Å². The molecule has 6 nitrogen and oxygen atoms in total. The van der Waals surface area contributed by atoms with Crippen molar-refractivity contribution in [3.05, 3.63) is 23.9 Å². The molecule has 148 valence electrons. The molecular weight excluding hydrogens is 439 g/mol. The molecule has 2 rings (SSSR count). The van der Waals surface area contributed by atoms with Crippen LogP contribution < -0.4 is 15.5 Å². The second-order valence-electron chi connectivity index (χ2n) is 7.42. The van der Waals surface area contributed by atoms with E-state index in [4.69, 9.17) is 0 Å². The Morgan fingerprint density at radius 1 is 1.31 bits per heavy atom. The van der Waals surface area contributed by atoms with Gasteiger partial charge in [-0.05, 0) is 30.9 Å². The van der Waals surface area contributed by atoms with E-state index >= 15 is 0 Å². The Labute approximate surface area is 175 Å². The van der Waals surface area contributed by atoms with Gasteiger partial charge in [-0.3, -0.25) is 4.99 Å². The first-order valence-corrected chi connectivity index (χ1v) is 9.30. The lowest BCUT2D eigenvalue weighted by atomic mass is 10.0. The van der Waals surface area contributed by atoms with E-state index in [0.29, 0.717) is 12.6 Å². The second-order valence-corrected chi connectivity index (χ2v) is 7.42. The molecule has 2 heterocycles. The minimum atomic E-state index is 0. The molecule has 1 aliphatic heterocycles. The number of halogens is 1. The van der Waals surface area contributed by atoms with Crippen molar-refractivity contribution in [1.82, 2.24) is 20.5 Å². The third-order valence-corrected chi connectivity index (χ3v) is 4.46. The van der Waals surface area contributed by atoms with E-state index in [-0.39, 0.29) is 24.0 Å². The third kappa shape index (κ3) is 7.65. The van der Waals surface area contributed by atoms with Gasteiger partial charge < -0.3 is 20.4 Å². The number of rotatable bonds is 6. The first-order valence-electron chi connectivity index (χ1n) is 9.30. The highest BCUT2D eigenvalue weighted by molar-refractivity contribution is 14.0. The number of nitrogens with one attached hydrogen (secondary N) is 2. The number of pyridine rings is 1. The van der Waals surface area contributed by atoms with Crippen molar-refractivity contribution in [2.45, 2.75) is 39.3 Å². The normalized spacial score (nSPS) is 16.3. The number of aromatic nitrogens is 1. The summed E-state index contributed by atoms with van der Waals surface area (Å²) < 4.78 is 0. The molecule has 0 bridgehead atoms. The molecule has 0 amide bonds. The molecule has 7 heteroatoms. The molecule has 0 spiro atoms. The fourth-order valence-electron chi connectivity index (χ4n) is 3.15. The summed E-state index contributed by atoms with van der Waals surface area (Å²) in [5.41, 5.74) is 1.01. The molecule has 1 saturated heterocycles. The SMILES string of the molecule is CN=C(NCc1cccc(N(C)C)n1)NC1CCN(CC(C)C)CC1.I. The van der Waals surface area contributed by atoms with Crippen LogP contribution >= 0.6 is 24.0 Å². The van der Waals surface area contributed by atoms with Crippen molar-refractivity contribution in [2.75, 3.05) is 45.7 Å². The number of anilines is 1. The van der Waals surface area contributed by atoms with Gasteiger partial charge in [-0.2, -0.15) is 0 Å². The number of nitrogens with zero attached hydrogens (tertiary/aromatic N) is 4. The summed E-state index contributed by atoms with van der Waals surface area (Å²) >= 11 is 0. The molecule has 0 atom stereocenters. The monoisotopic (exact) mass is 474 g/mol. The number of hydrogen-bond acceptors (Lipinski definition) is 4. The van der Waals surface area contributed by atoms with Gasteiger partial charge in [0.15, 0.2) is 5.96 Å². The van der Waals surface area contributed by atoms with Crippen LogP contribution in [-0.2, 0) is 6.54 Å². The second kappa shape index (κ2) is 11.6. The lowest BCUT2D eigenvalue weighted by molar-refractivity contribution is 0.187. The van der Waals surface area contributed by atoms with Crippen LogP contribution in [0.1, 0.15) is 32.4 Å². The molecule has 1 aromatic rings. The summed E-state index contributed by atoms with van der Waals surface area (Å²) in [7, 11) is 5.84. The van der Waals surface area contributed by atoms with Gasteiger partial charge in [0.1, 0.15) is 5.82 Å². The molecule has 0 unspecified atom stereocenters. The Bertz CT molecular complexity index is 553. The molecule has 0 aromatic carbocycles. The van der Waals surface area contributed by atoms with Crippen LogP contribution in [-0.4, -0.2) is 62.7 Å². The number of likely N-dealkylation sites (tertiary alicyclic amines) is 1. The summed E-state index contributed by atoms with van der Waals surface area (Å²) in [5, 5.41) is 6.95. The molecule has 2 N–H and O–H groups in total. The van der Waals surface area contributed by atoms with Gasteiger partial charge in [0.05, 0.1) is 12.2 Å². The number of hydrogen-bond donors (Lipinski definition) is 2. The summed E-state index contributed by atoms with van der Waals surface area (Å²) in [5.74, 6) is 2.57.